The number of fused-ring (bicyclic) bond motifs is 1. The van der Waals surface area contributed by atoms with Crippen LogP contribution >= 0.6 is 23.2 Å². The van der Waals surface area contributed by atoms with Crippen LogP contribution in [0.1, 0.15) is 17.5 Å². The van der Waals surface area contributed by atoms with Crippen LogP contribution in [0.4, 0.5) is 0 Å². The molecule has 0 spiro atoms. The second-order valence-corrected chi connectivity index (χ2v) is 9.65. The first-order chi connectivity index (χ1) is 14.3. The fourth-order valence-electron chi connectivity index (χ4n) is 3.47. The number of para-hydroxylation sites is 1. The van der Waals surface area contributed by atoms with Crippen LogP contribution in [0.5, 0.6) is 5.75 Å². The highest BCUT2D eigenvalue weighted by atomic mass is 35.5. The molecule has 1 aliphatic rings. The Kier molecular flexibility index (Phi) is 6.07. The van der Waals surface area contributed by atoms with Gasteiger partial charge in [0.2, 0.25) is 0 Å². The molecule has 0 fully saturated rings. The number of ether oxygens (including phenoxy) is 1. The number of aryl methyl sites for hydroxylation is 2. The molecule has 7 heteroatoms. The molecule has 4 rings (SSSR count). The van der Waals surface area contributed by atoms with E-state index in [1.807, 2.05) is 25.1 Å². The lowest BCUT2D eigenvalue weighted by molar-refractivity contribution is 0.113. The molecule has 0 saturated heterocycles. The molecule has 0 amide bonds. The zero-order valence-corrected chi connectivity index (χ0v) is 18.6. The van der Waals surface area contributed by atoms with Crippen molar-refractivity contribution in [1.29, 1.82) is 0 Å². The topological polar surface area (TPSA) is 52.6 Å². The molecule has 0 radical (unpaired) electrons. The van der Waals surface area contributed by atoms with Gasteiger partial charge in [-0.05, 0) is 49.6 Å². The van der Waals surface area contributed by atoms with Gasteiger partial charge in [0.05, 0.1) is 14.9 Å². The summed E-state index contributed by atoms with van der Waals surface area (Å²) in [7, 11) is -3.85. The SMILES string of the molecule is Cc1ccc(S(=O)(=O)OC[C@H]2CCc3cccc(-c4c(Cl)cccc4Cl)c3O2)cc1. The Morgan fingerprint density at radius 1 is 1.00 bits per heavy atom. The van der Waals surface area contributed by atoms with Crippen molar-refractivity contribution in [3.05, 3.63) is 81.8 Å². The predicted octanol–water partition coefficient (Wildman–Crippen LogP) is 6.07. The second kappa shape index (κ2) is 8.60. The Hall–Kier alpha value is -2.05. The van der Waals surface area contributed by atoms with Gasteiger partial charge in [0, 0.05) is 11.1 Å². The first-order valence-corrected chi connectivity index (χ1v) is 11.7. The van der Waals surface area contributed by atoms with E-state index in [0.717, 1.165) is 23.1 Å². The molecule has 0 N–H and O–H groups in total. The van der Waals surface area contributed by atoms with Crippen molar-refractivity contribution in [1.82, 2.24) is 0 Å². The summed E-state index contributed by atoms with van der Waals surface area (Å²) in [6, 6.07) is 17.7. The first kappa shape index (κ1) is 21.2. The first-order valence-electron chi connectivity index (χ1n) is 9.54. The van der Waals surface area contributed by atoms with E-state index in [4.69, 9.17) is 32.1 Å². The monoisotopic (exact) mass is 462 g/mol. The summed E-state index contributed by atoms with van der Waals surface area (Å²) in [5.74, 6) is 0.667. The summed E-state index contributed by atoms with van der Waals surface area (Å²) in [5.41, 5.74) is 3.49. The maximum absolute atomic E-state index is 12.5. The minimum absolute atomic E-state index is 0.0692. The van der Waals surface area contributed by atoms with E-state index in [1.54, 1.807) is 42.5 Å². The lowest BCUT2D eigenvalue weighted by Gasteiger charge is -2.28. The Morgan fingerprint density at radius 3 is 2.37 bits per heavy atom. The van der Waals surface area contributed by atoms with E-state index in [2.05, 4.69) is 0 Å². The summed E-state index contributed by atoms with van der Waals surface area (Å²) in [6.07, 6.45) is 0.986. The van der Waals surface area contributed by atoms with Crippen molar-refractivity contribution >= 4 is 33.3 Å². The van der Waals surface area contributed by atoms with Gasteiger partial charge in [0.15, 0.2) is 0 Å². The van der Waals surface area contributed by atoms with Crippen molar-refractivity contribution < 1.29 is 17.3 Å². The molecule has 156 valence electrons. The zero-order chi connectivity index (χ0) is 21.3. The summed E-state index contributed by atoms with van der Waals surface area (Å²) in [4.78, 5) is 0.132. The average Bonchev–Trinajstić information content (AvgIpc) is 2.72. The van der Waals surface area contributed by atoms with Gasteiger partial charge in [-0.2, -0.15) is 8.42 Å². The van der Waals surface area contributed by atoms with Crippen molar-refractivity contribution in [2.24, 2.45) is 0 Å². The summed E-state index contributed by atoms with van der Waals surface area (Å²) in [5, 5.41) is 1.06. The van der Waals surface area contributed by atoms with E-state index in [-0.39, 0.29) is 11.5 Å². The van der Waals surface area contributed by atoms with E-state index in [1.165, 1.54) is 0 Å². The summed E-state index contributed by atoms with van der Waals surface area (Å²) < 4.78 is 36.5. The number of hydrogen-bond donors (Lipinski definition) is 0. The highest BCUT2D eigenvalue weighted by molar-refractivity contribution is 7.86. The molecule has 0 bridgehead atoms. The van der Waals surface area contributed by atoms with Crippen LogP contribution in [-0.2, 0) is 20.7 Å². The van der Waals surface area contributed by atoms with E-state index >= 15 is 0 Å². The Balaban J connectivity index is 1.56. The van der Waals surface area contributed by atoms with Crippen LogP contribution in [0.2, 0.25) is 10.0 Å². The summed E-state index contributed by atoms with van der Waals surface area (Å²) in [6.45, 7) is 1.83. The van der Waals surface area contributed by atoms with Gasteiger partial charge in [-0.15, -0.1) is 0 Å². The molecule has 0 aromatic heterocycles. The maximum Gasteiger partial charge on any atom is 0.297 e. The van der Waals surface area contributed by atoms with Crippen LogP contribution in [0.3, 0.4) is 0 Å². The highest BCUT2D eigenvalue weighted by Crippen LogP contribution is 2.43. The fraction of sp³-hybridized carbons (Fsp3) is 0.217. The molecule has 0 unspecified atom stereocenters. The molecular formula is C23H20Cl2O4S. The van der Waals surface area contributed by atoms with Crippen LogP contribution in [-0.4, -0.2) is 21.1 Å². The van der Waals surface area contributed by atoms with Crippen molar-refractivity contribution in [3.8, 4) is 16.9 Å². The normalized spacial score (nSPS) is 16.0. The number of hydrogen-bond acceptors (Lipinski definition) is 4. The zero-order valence-electron chi connectivity index (χ0n) is 16.3. The molecule has 0 aliphatic carbocycles. The van der Waals surface area contributed by atoms with Crippen LogP contribution in [0.25, 0.3) is 11.1 Å². The molecule has 3 aromatic rings. The molecular weight excluding hydrogens is 443 g/mol. The largest absolute Gasteiger partial charge is 0.487 e. The Bertz CT molecular complexity index is 1150. The van der Waals surface area contributed by atoms with E-state index < -0.39 is 16.2 Å². The van der Waals surface area contributed by atoms with E-state index in [0.29, 0.717) is 27.8 Å². The fourth-order valence-corrected chi connectivity index (χ4v) is 5.01. The third-order valence-electron chi connectivity index (χ3n) is 5.07. The van der Waals surface area contributed by atoms with Gasteiger partial charge in [0.25, 0.3) is 10.1 Å². The van der Waals surface area contributed by atoms with E-state index in [9.17, 15) is 8.42 Å². The number of halogens is 2. The molecule has 1 aliphatic heterocycles. The van der Waals surface area contributed by atoms with Gasteiger partial charge in [0.1, 0.15) is 18.5 Å². The van der Waals surface area contributed by atoms with Crippen molar-refractivity contribution in [2.45, 2.75) is 30.8 Å². The predicted molar refractivity (Wildman–Crippen MR) is 119 cm³/mol. The Labute approximate surface area is 186 Å². The van der Waals surface area contributed by atoms with Gasteiger partial charge in [-0.1, -0.05) is 65.2 Å². The third-order valence-corrected chi connectivity index (χ3v) is 6.99. The molecule has 3 aromatic carbocycles. The Morgan fingerprint density at radius 2 is 1.67 bits per heavy atom. The minimum atomic E-state index is -3.85. The smallest absolute Gasteiger partial charge is 0.297 e. The molecule has 0 saturated carbocycles. The number of rotatable bonds is 5. The van der Waals surface area contributed by atoms with Gasteiger partial charge >= 0.3 is 0 Å². The molecule has 1 heterocycles. The number of benzene rings is 3. The second-order valence-electron chi connectivity index (χ2n) is 7.22. The average molecular weight is 463 g/mol. The minimum Gasteiger partial charge on any atom is -0.487 e. The van der Waals surface area contributed by atoms with Crippen molar-refractivity contribution in [3.63, 3.8) is 0 Å². The molecule has 30 heavy (non-hydrogen) atoms. The van der Waals surface area contributed by atoms with Crippen LogP contribution in [0.15, 0.2) is 65.6 Å². The van der Waals surface area contributed by atoms with Crippen molar-refractivity contribution in [2.75, 3.05) is 6.61 Å². The highest BCUT2D eigenvalue weighted by Gasteiger charge is 2.26. The lowest BCUT2D eigenvalue weighted by Crippen LogP contribution is -2.29. The van der Waals surface area contributed by atoms with Gasteiger partial charge in [-0.3, -0.25) is 4.18 Å². The maximum atomic E-state index is 12.5. The standard InChI is InChI=1S/C23H20Cl2O4S/c1-15-8-12-18(13-9-15)30(26,27)28-14-17-11-10-16-4-2-5-19(23(16)29-17)22-20(24)6-3-7-21(22)25/h2-9,12-13,17H,10-11,14H2,1H3/t17-/m1/s1. The third kappa shape index (κ3) is 4.35. The molecule has 4 nitrogen and oxygen atoms in total. The lowest BCUT2D eigenvalue weighted by atomic mass is 9.95. The van der Waals surface area contributed by atoms with Gasteiger partial charge < -0.3 is 4.74 Å². The summed E-state index contributed by atoms with van der Waals surface area (Å²) >= 11 is 12.8. The van der Waals surface area contributed by atoms with Crippen LogP contribution in [0, 0.1) is 6.92 Å². The van der Waals surface area contributed by atoms with Gasteiger partial charge in [-0.25, -0.2) is 0 Å². The molecule has 1 atom stereocenters. The van der Waals surface area contributed by atoms with Crippen LogP contribution < -0.4 is 4.74 Å². The quantitative estimate of drug-likeness (QED) is 0.431.